The summed E-state index contributed by atoms with van der Waals surface area (Å²) in [5, 5.41) is 14.0. The van der Waals surface area contributed by atoms with Crippen molar-refractivity contribution in [1.29, 1.82) is 0 Å². The van der Waals surface area contributed by atoms with Crippen molar-refractivity contribution in [2.24, 2.45) is 0 Å². The second-order valence-electron chi connectivity index (χ2n) is 6.79. The summed E-state index contributed by atoms with van der Waals surface area (Å²) in [5.41, 5.74) is 1.76. The number of thiazole rings is 1. The van der Waals surface area contributed by atoms with Gasteiger partial charge in [0.15, 0.2) is 9.84 Å². The molecule has 0 saturated carbocycles. The summed E-state index contributed by atoms with van der Waals surface area (Å²) in [6.45, 7) is 0. The zero-order chi connectivity index (χ0) is 22.0. The normalized spacial score (nSPS) is 11.5. The van der Waals surface area contributed by atoms with Gasteiger partial charge in [-0.2, -0.15) is 0 Å². The number of benzene rings is 3. The van der Waals surface area contributed by atoms with Gasteiger partial charge >= 0.3 is 0 Å². The third-order valence-electron chi connectivity index (χ3n) is 4.58. The van der Waals surface area contributed by atoms with Crippen molar-refractivity contribution in [2.75, 3.05) is 11.1 Å². The number of hydrogen-bond acceptors (Lipinski definition) is 6. The number of anilines is 1. The molecular formula is C22H17ClN2O4S2. The monoisotopic (exact) mass is 472 g/mol. The molecule has 0 aliphatic rings. The van der Waals surface area contributed by atoms with Crippen LogP contribution < -0.4 is 5.32 Å². The minimum atomic E-state index is -3.60. The van der Waals surface area contributed by atoms with E-state index < -0.39 is 15.7 Å². The number of aromatic hydroxyl groups is 1. The predicted octanol–water partition coefficient (Wildman–Crippen LogP) is 5.12. The first-order chi connectivity index (χ1) is 14.8. The molecule has 0 aliphatic heterocycles. The van der Waals surface area contributed by atoms with E-state index in [0.29, 0.717) is 21.3 Å². The van der Waals surface area contributed by atoms with Gasteiger partial charge in [-0.25, -0.2) is 13.4 Å². The Kier molecular flexibility index (Phi) is 5.95. The van der Waals surface area contributed by atoms with Gasteiger partial charge in [-0.3, -0.25) is 4.79 Å². The minimum absolute atomic E-state index is 0.0439. The summed E-state index contributed by atoms with van der Waals surface area (Å²) >= 11 is 7.22. The number of rotatable bonds is 6. The highest BCUT2D eigenvalue weighted by molar-refractivity contribution is 7.91. The first-order valence-corrected chi connectivity index (χ1v) is 12.1. The molecule has 0 unspecified atom stereocenters. The number of fused-ring (bicyclic) bond motifs is 1. The van der Waals surface area contributed by atoms with Crippen LogP contribution in [0.15, 0.2) is 71.6 Å². The fraction of sp³-hybridized carbons (Fsp3) is 0.0909. The maximum Gasteiger partial charge on any atom is 0.225 e. The Balaban J connectivity index is 1.47. The van der Waals surface area contributed by atoms with Crippen LogP contribution in [-0.2, 0) is 14.6 Å². The van der Waals surface area contributed by atoms with Crippen LogP contribution in [0.1, 0.15) is 6.42 Å². The molecule has 3 aromatic carbocycles. The topological polar surface area (TPSA) is 96.4 Å². The average Bonchev–Trinajstić information content (AvgIpc) is 3.18. The first kappa shape index (κ1) is 21.3. The molecule has 0 bridgehead atoms. The Morgan fingerprint density at radius 3 is 2.55 bits per heavy atom. The lowest BCUT2D eigenvalue weighted by molar-refractivity contribution is -0.115. The lowest BCUT2D eigenvalue weighted by atomic mass is 10.2. The Morgan fingerprint density at radius 1 is 1.06 bits per heavy atom. The molecule has 31 heavy (non-hydrogen) atoms. The van der Waals surface area contributed by atoms with Crippen LogP contribution in [0.4, 0.5) is 5.69 Å². The number of nitrogens with zero attached hydrogens (tertiary/aromatic N) is 1. The maximum atomic E-state index is 12.4. The summed E-state index contributed by atoms with van der Waals surface area (Å²) < 4.78 is 25.8. The number of phenolic OH excluding ortho intramolecular Hbond substituents is 1. The molecule has 0 radical (unpaired) electrons. The highest BCUT2D eigenvalue weighted by atomic mass is 35.5. The van der Waals surface area contributed by atoms with Crippen LogP contribution >= 0.6 is 22.9 Å². The van der Waals surface area contributed by atoms with E-state index in [9.17, 15) is 18.3 Å². The van der Waals surface area contributed by atoms with E-state index in [-0.39, 0.29) is 22.8 Å². The third-order valence-corrected chi connectivity index (χ3v) is 7.63. The Labute approximate surface area is 188 Å². The number of phenols is 1. The largest absolute Gasteiger partial charge is 0.507 e. The number of para-hydroxylation sites is 1. The third kappa shape index (κ3) is 4.87. The average molecular weight is 473 g/mol. The van der Waals surface area contributed by atoms with Crippen LogP contribution in [-0.4, -0.2) is 30.2 Å². The van der Waals surface area contributed by atoms with E-state index in [4.69, 9.17) is 11.6 Å². The molecule has 0 saturated heterocycles. The number of nitrogens with one attached hydrogen (secondary N) is 1. The van der Waals surface area contributed by atoms with E-state index in [1.165, 1.54) is 41.7 Å². The van der Waals surface area contributed by atoms with Crippen molar-refractivity contribution in [2.45, 2.75) is 11.3 Å². The second-order valence-corrected chi connectivity index (χ2v) is 10.4. The number of sulfone groups is 1. The highest BCUT2D eigenvalue weighted by Gasteiger charge is 2.17. The number of hydrogen-bond donors (Lipinski definition) is 2. The van der Waals surface area contributed by atoms with Gasteiger partial charge < -0.3 is 10.4 Å². The molecule has 9 heteroatoms. The van der Waals surface area contributed by atoms with E-state index in [0.717, 1.165) is 10.2 Å². The first-order valence-electron chi connectivity index (χ1n) is 9.29. The van der Waals surface area contributed by atoms with Gasteiger partial charge in [-0.1, -0.05) is 23.7 Å². The molecule has 1 aromatic heterocycles. The summed E-state index contributed by atoms with van der Waals surface area (Å²) in [6, 6.07) is 18.1. The quantitative estimate of drug-likeness (QED) is 0.379. The van der Waals surface area contributed by atoms with E-state index >= 15 is 0 Å². The molecule has 4 aromatic rings. The van der Waals surface area contributed by atoms with Crippen molar-refractivity contribution in [1.82, 2.24) is 4.98 Å². The molecule has 4 rings (SSSR count). The maximum absolute atomic E-state index is 12.4. The second kappa shape index (κ2) is 8.66. The fourth-order valence-electron chi connectivity index (χ4n) is 2.98. The molecule has 1 amide bonds. The molecule has 158 valence electrons. The van der Waals surface area contributed by atoms with Crippen LogP contribution in [0.25, 0.3) is 20.8 Å². The van der Waals surface area contributed by atoms with Crippen LogP contribution in [0, 0.1) is 0 Å². The smallest absolute Gasteiger partial charge is 0.225 e. The van der Waals surface area contributed by atoms with E-state index in [2.05, 4.69) is 10.3 Å². The van der Waals surface area contributed by atoms with Gasteiger partial charge in [0.05, 0.1) is 26.4 Å². The molecule has 0 aliphatic carbocycles. The molecule has 6 nitrogen and oxygen atoms in total. The lowest BCUT2D eigenvalue weighted by Crippen LogP contribution is -2.17. The standard InChI is InChI=1S/C22H17ClN2O4S2/c23-14-5-8-16(9-6-14)31(28,29)12-11-21(27)24-15-7-10-19(26)17(13-15)22-25-18-3-1-2-4-20(18)30-22/h1-10,13,26H,11-12H2,(H,24,27). The van der Waals surface area contributed by atoms with Crippen molar-refractivity contribution in [3.05, 3.63) is 71.8 Å². The minimum Gasteiger partial charge on any atom is -0.507 e. The predicted molar refractivity (Wildman–Crippen MR) is 123 cm³/mol. The number of amides is 1. The molecule has 0 spiro atoms. The van der Waals surface area contributed by atoms with Crippen molar-refractivity contribution in [3.8, 4) is 16.3 Å². The van der Waals surface area contributed by atoms with Gasteiger partial charge in [-0.05, 0) is 54.6 Å². The molecule has 2 N–H and O–H groups in total. The number of carbonyl (C=O) groups is 1. The Morgan fingerprint density at radius 2 is 1.81 bits per heavy atom. The number of aromatic nitrogens is 1. The Bertz CT molecular complexity index is 1330. The van der Waals surface area contributed by atoms with Gasteiger partial charge in [-0.15, -0.1) is 11.3 Å². The van der Waals surface area contributed by atoms with Crippen molar-refractivity contribution >= 4 is 54.6 Å². The summed E-state index contributed by atoms with van der Waals surface area (Å²) in [5.74, 6) is -0.732. The summed E-state index contributed by atoms with van der Waals surface area (Å²) in [4.78, 5) is 17.0. The van der Waals surface area contributed by atoms with Crippen LogP contribution in [0.2, 0.25) is 5.02 Å². The number of carbonyl (C=O) groups excluding carboxylic acids is 1. The highest BCUT2D eigenvalue weighted by Crippen LogP contribution is 2.36. The molecule has 0 fully saturated rings. The zero-order valence-corrected chi connectivity index (χ0v) is 18.5. The SMILES string of the molecule is O=C(CCS(=O)(=O)c1ccc(Cl)cc1)Nc1ccc(O)c(-c2nc3ccccc3s2)c1. The summed E-state index contributed by atoms with van der Waals surface area (Å²) in [6.07, 6.45) is -0.206. The Hall–Kier alpha value is -2.94. The van der Waals surface area contributed by atoms with Crippen LogP contribution in [0.5, 0.6) is 5.75 Å². The molecule has 0 atom stereocenters. The fourth-order valence-corrected chi connectivity index (χ4v) is 5.34. The summed E-state index contributed by atoms with van der Waals surface area (Å²) in [7, 11) is -3.60. The van der Waals surface area contributed by atoms with E-state index in [1.54, 1.807) is 12.1 Å². The number of halogens is 1. The zero-order valence-electron chi connectivity index (χ0n) is 16.1. The van der Waals surface area contributed by atoms with Gasteiger partial charge in [0.2, 0.25) is 5.91 Å². The van der Waals surface area contributed by atoms with Crippen molar-refractivity contribution < 1.29 is 18.3 Å². The van der Waals surface area contributed by atoms with Gasteiger partial charge in [0.25, 0.3) is 0 Å². The van der Waals surface area contributed by atoms with Crippen molar-refractivity contribution in [3.63, 3.8) is 0 Å². The molecular weight excluding hydrogens is 456 g/mol. The van der Waals surface area contributed by atoms with E-state index in [1.807, 2.05) is 24.3 Å². The lowest BCUT2D eigenvalue weighted by Gasteiger charge is -2.09. The van der Waals surface area contributed by atoms with Crippen LogP contribution in [0.3, 0.4) is 0 Å². The van der Waals surface area contributed by atoms with Gasteiger partial charge in [0.1, 0.15) is 10.8 Å². The molecule has 1 heterocycles. The van der Waals surface area contributed by atoms with Gasteiger partial charge in [0, 0.05) is 17.1 Å².